The summed E-state index contributed by atoms with van der Waals surface area (Å²) in [5.41, 5.74) is 2.62. The summed E-state index contributed by atoms with van der Waals surface area (Å²) in [4.78, 5) is 13.4. The van der Waals surface area contributed by atoms with Gasteiger partial charge in [0.1, 0.15) is 16.8 Å². The maximum Gasteiger partial charge on any atom is 0.279 e. The quantitative estimate of drug-likeness (QED) is 0.218. The van der Waals surface area contributed by atoms with Crippen molar-refractivity contribution < 1.29 is 26.4 Å². The molecule has 5 rings (SSSR count). The molecule has 1 heterocycles. The first-order valence-corrected chi connectivity index (χ1v) is 16.8. The highest BCUT2D eigenvalue weighted by atomic mass is 32.2. The lowest BCUT2D eigenvalue weighted by molar-refractivity contribution is -0.126. The molecule has 1 unspecified atom stereocenters. The van der Waals surface area contributed by atoms with Crippen LogP contribution in [-0.4, -0.2) is 31.5 Å². The van der Waals surface area contributed by atoms with Gasteiger partial charge in [-0.2, -0.15) is 8.75 Å². The number of ether oxygens (including phenoxy) is 1. The van der Waals surface area contributed by atoms with Crippen LogP contribution in [-0.2, 0) is 30.3 Å². The topological polar surface area (TPSA) is 144 Å². The molecule has 13 heteroatoms. The van der Waals surface area contributed by atoms with E-state index in [2.05, 4.69) is 18.2 Å². The molecule has 0 fully saturated rings. The van der Waals surface area contributed by atoms with Gasteiger partial charge in [0.15, 0.2) is 0 Å². The third-order valence-corrected chi connectivity index (χ3v) is 9.81. The van der Waals surface area contributed by atoms with E-state index in [1.165, 1.54) is 36.4 Å². The van der Waals surface area contributed by atoms with Gasteiger partial charge in [0.2, 0.25) is 6.10 Å². The number of benzene rings is 4. The van der Waals surface area contributed by atoms with Crippen molar-refractivity contribution in [3.63, 3.8) is 0 Å². The molecule has 1 aromatic heterocycles. The number of carbonyl (C=O) groups is 1. The Morgan fingerprint density at radius 3 is 2.02 bits per heavy atom. The van der Waals surface area contributed by atoms with Gasteiger partial charge >= 0.3 is 0 Å². The standard InChI is InChI=1S/C30H28N4O6S3/c1-30(2,3)21-10-14-24(15-11-21)43(38,39)34-29(35)28(20-9-18-26-27(19-20)32-41-31-26)40-23-12-16-25(17-13-23)42(36,37)33-22-7-5-4-6-8-22/h4-19,28,33H,1-3H3,(H,34,35). The molecule has 0 saturated carbocycles. The van der Waals surface area contributed by atoms with Crippen molar-refractivity contribution >= 4 is 54.4 Å². The fourth-order valence-corrected chi connectivity index (χ4v) is 6.73. The fourth-order valence-electron chi connectivity index (χ4n) is 4.17. The van der Waals surface area contributed by atoms with Crippen molar-refractivity contribution in [2.75, 3.05) is 4.72 Å². The number of rotatable bonds is 9. The van der Waals surface area contributed by atoms with Crippen molar-refractivity contribution in [3.8, 4) is 5.75 Å². The number of amides is 1. The van der Waals surface area contributed by atoms with E-state index in [0.29, 0.717) is 22.3 Å². The first-order valence-electron chi connectivity index (χ1n) is 13.1. The number of para-hydroxylation sites is 1. The SMILES string of the molecule is CC(C)(C)c1ccc(S(=O)(=O)NC(=O)C(Oc2ccc(S(=O)(=O)Nc3ccccc3)cc2)c2ccc3nsnc3c2)cc1. The molecule has 222 valence electrons. The van der Waals surface area contributed by atoms with Gasteiger partial charge in [0, 0.05) is 11.3 Å². The summed E-state index contributed by atoms with van der Waals surface area (Å²) in [6, 6.07) is 25.0. The normalized spacial score (nSPS) is 12.9. The summed E-state index contributed by atoms with van der Waals surface area (Å²) in [5.74, 6) is -0.799. The van der Waals surface area contributed by atoms with Gasteiger partial charge in [-0.3, -0.25) is 9.52 Å². The Kier molecular flexibility index (Phi) is 8.23. The van der Waals surface area contributed by atoms with Crippen LogP contribution in [0.2, 0.25) is 0 Å². The van der Waals surface area contributed by atoms with E-state index in [0.717, 1.165) is 17.3 Å². The van der Waals surface area contributed by atoms with Gasteiger partial charge in [-0.25, -0.2) is 21.6 Å². The largest absolute Gasteiger partial charge is 0.476 e. The van der Waals surface area contributed by atoms with E-state index in [-0.39, 0.29) is 21.0 Å². The molecule has 0 radical (unpaired) electrons. The molecule has 0 saturated heterocycles. The van der Waals surface area contributed by atoms with E-state index < -0.39 is 32.1 Å². The van der Waals surface area contributed by atoms with Crippen LogP contribution in [0.4, 0.5) is 5.69 Å². The van der Waals surface area contributed by atoms with Gasteiger partial charge in [-0.1, -0.05) is 57.2 Å². The predicted molar refractivity (Wildman–Crippen MR) is 165 cm³/mol. The number of sulfonamides is 2. The zero-order chi connectivity index (χ0) is 30.8. The van der Waals surface area contributed by atoms with Gasteiger partial charge in [-0.15, -0.1) is 0 Å². The monoisotopic (exact) mass is 636 g/mol. The second-order valence-corrected chi connectivity index (χ2v) is 14.6. The lowest BCUT2D eigenvalue weighted by Crippen LogP contribution is -2.37. The van der Waals surface area contributed by atoms with Crippen LogP contribution >= 0.6 is 11.7 Å². The highest BCUT2D eigenvalue weighted by molar-refractivity contribution is 7.92. The van der Waals surface area contributed by atoms with E-state index >= 15 is 0 Å². The van der Waals surface area contributed by atoms with Gasteiger partial charge in [-0.05, 0) is 71.6 Å². The third kappa shape index (κ3) is 7.01. The molecule has 2 N–H and O–H groups in total. The number of aromatic nitrogens is 2. The van der Waals surface area contributed by atoms with E-state index in [9.17, 15) is 21.6 Å². The summed E-state index contributed by atoms with van der Waals surface area (Å²) in [6.45, 7) is 6.03. The lowest BCUT2D eigenvalue weighted by Gasteiger charge is -2.21. The smallest absolute Gasteiger partial charge is 0.279 e. The molecule has 0 bridgehead atoms. The van der Waals surface area contributed by atoms with Crippen molar-refractivity contribution in [2.24, 2.45) is 0 Å². The second kappa shape index (κ2) is 11.7. The summed E-state index contributed by atoms with van der Waals surface area (Å²) >= 11 is 1.000. The predicted octanol–water partition coefficient (Wildman–Crippen LogP) is 5.41. The first kappa shape index (κ1) is 30.1. The van der Waals surface area contributed by atoms with E-state index in [1.54, 1.807) is 60.7 Å². The van der Waals surface area contributed by atoms with Gasteiger partial charge in [0.05, 0.1) is 21.5 Å². The van der Waals surface area contributed by atoms with Gasteiger partial charge < -0.3 is 4.74 Å². The minimum atomic E-state index is -4.25. The number of carbonyl (C=O) groups excluding carboxylic acids is 1. The zero-order valence-corrected chi connectivity index (χ0v) is 25.8. The Balaban J connectivity index is 1.41. The van der Waals surface area contributed by atoms with Gasteiger partial charge in [0.25, 0.3) is 26.0 Å². The van der Waals surface area contributed by atoms with Crippen LogP contribution < -0.4 is 14.2 Å². The molecule has 10 nitrogen and oxygen atoms in total. The number of fused-ring (bicyclic) bond motifs is 1. The summed E-state index contributed by atoms with van der Waals surface area (Å²) < 4.78 is 71.0. The van der Waals surface area contributed by atoms with Crippen molar-refractivity contribution in [3.05, 3.63) is 108 Å². The first-order chi connectivity index (χ1) is 20.3. The minimum absolute atomic E-state index is 0.0269. The molecule has 5 aromatic rings. The van der Waals surface area contributed by atoms with Crippen LogP contribution in [0, 0.1) is 0 Å². The lowest BCUT2D eigenvalue weighted by atomic mass is 9.87. The van der Waals surface area contributed by atoms with Crippen LogP contribution in [0.15, 0.2) is 107 Å². The molecule has 4 aromatic carbocycles. The number of nitrogens with one attached hydrogen (secondary N) is 2. The molecule has 0 aliphatic heterocycles. The molecule has 0 spiro atoms. The maximum absolute atomic E-state index is 13.5. The maximum atomic E-state index is 13.5. The third-order valence-electron chi connectivity index (χ3n) is 6.50. The minimum Gasteiger partial charge on any atom is -0.476 e. The zero-order valence-electron chi connectivity index (χ0n) is 23.4. The highest BCUT2D eigenvalue weighted by Crippen LogP contribution is 2.28. The Bertz CT molecular complexity index is 1970. The fraction of sp³-hybridized carbons (Fsp3) is 0.167. The molecule has 0 aliphatic rings. The van der Waals surface area contributed by atoms with E-state index in [4.69, 9.17) is 4.74 Å². The molecule has 0 aliphatic carbocycles. The van der Waals surface area contributed by atoms with Crippen LogP contribution in [0.1, 0.15) is 38.0 Å². The number of hydrogen-bond acceptors (Lipinski definition) is 9. The molecule has 1 amide bonds. The molecular formula is C30H28N4O6S3. The van der Waals surface area contributed by atoms with Crippen LogP contribution in [0.25, 0.3) is 11.0 Å². The Labute approximate surface area is 254 Å². The number of anilines is 1. The summed E-state index contributed by atoms with van der Waals surface area (Å²) in [6.07, 6.45) is -1.42. The Morgan fingerprint density at radius 2 is 1.37 bits per heavy atom. The Morgan fingerprint density at radius 1 is 0.767 bits per heavy atom. The average molecular weight is 637 g/mol. The highest BCUT2D eigenvalue weighted by Gasteiger charge is 2.29. The summed E-state index contributed by atoms with van der Waals surface area (Å²) in [5, 5.41) is 0. The number of nitrogens with zero attached hydrogens (tertiary/aromatic N) is 2. The second-order valence-electron chi connectivity index (χ2n) is 10.7. The van der Waals surface area contributed by atoms with Crippen LogP contribution in [0.3, 0.4) is 0 Å². The Hall–Kier alpha value is -4.33. The van der Waals surface area contributed by atoms with Crippen molar-refractivity contribution in [1.82, 2.24) is 13.5 Å². The molecule has 1 atom stereocenters. The van der Waals surface area contributed by atoms with Crippen molar-refractivity contribution in [1.29, 1.82) is 0 Å². The number of hydrogen-bond donors (Lipinski definition) is 2. The van der Waals surface area contributed by atoms with Crippen LogP contribution in [0.5, 0.6) is 5.75 Å². The molecule has 43 heavy (non-hydrogen) atoms. The average Bonchev–Trinajstić information content (AvgIpc) is 3.44. The van der Waals surface area contributed by atoms with Crippen molar-refractivity contribution in [2.45, 2.75) is 42.1 Å². The summed E-state index contributed by atoms with van der Waals surface area (Å²) in [7, 11) is -8.14. The molecular weight excluding hydrogens is 609 g/mol. The van der Waals surface area contributed by atoms with E-state index in [1.807, 2.05) is 20.8 Å².